The molecule has 0 saturated heterocycles. The van der Waals surface area contributed by atoms with Crippen LogP contribution in [0.2, 0.25) is 0 Å². The molecule has 0 aliphatic carbocycles. The van der Waals surface area contributed by atoms with Crippen LogP contribution in [-0.4, -0.2) is 32.8 Å². The summed E-state index contributed by atoms with van der Waals surface area (Å²) in [6.45, 7) is 8.80. The van der Waals surface area contributed by atoms with E-state index in [1.165, 1.54) is 0 Å². The molecule has 1 amide bonds. The van der Waals surface area contributed by atoms with Gasteiger partial charge in [-0.3, -0.25) is 14.3 Å². The minimum Gasteiger partial charge on any atom is -0.481 e. The lowest BCUT2D eigenvalue weighted by molar-refractivity contribution is -0.137. The van der Waals surface area contributed by atoms with E-state index in [0.717, 1.165) is 18.7 Å². The Kier molecular flexibility index (Phi) is 6.39. The number of hydrogen-bond acceptors (Lipinski definition) is 3. The number of carboxylic acid groups (broad SMARTS) is 1. The summed E-state index contributed by atoms with van der Waals surface area (Å²) in [7, 11) is 0. The zero-order valence-corrected chi connectivity index (χ0v) is 13.2. The third kappa shape index (κ3) is 5.21. The Balaban J connectivity index is 2.73. The lowest BCUT2D eigenvalue weighted by atomic mass is 10.1. The highest BCUT2D eigenvalue weighted by molar-refractivity contribution is 5.95. The minimum atomic E-state index is -0.852. The number of nitrogens with zero attached hydrogens (tertiary/aromatic N) is 2. The van der Waals surface area contributed by atoms with E-state index in [-0.39, 0.29) is 18.4 Å². The maximum Gasteiger partial charge on any atom is 0.303 e. The summed E-state index contributed by atoms with van der Waals surface area (Å²) in [5.41, 5.74) is 1.51. The predicted octanol–water partition coefficient (Wildman–Crippen LogP) is 2.08. The fourth-order valence-electron chi connectivity index (χ4n) is 2.19. The van der Waals surface area contributed by atoms with E-state index in [0.29, 0.717) is 17.9 Å². The summed E-state index contributed by atoms with van der Waals surface area (Å²) in [5, 5.41) is 15.8. The number of carbonyl (C=O) groups excluding carboxylic acids is 1. The molecule has 0 fully saturated rings. The van der Waals surface area contributed by atoms with Crippen molar-refractivity contribution in [1.82, 2.24) is 15.1 Å². The molecule has 0 aliphatic rings. The van der Waals surface area contributed by atoms with Crippen molar-refractivity contribution in [1.29, 1.82) is 0 Å². The van der Waals surface area contributed by atoms with Crippen LogP contribution in [0.25, 0.3) is 0 Å². The molecule has 2 N–H and O–H groups in total. The molecule has 0 spiro atoms. The largest absolute Gasteiger partial charge is 0.481 e. The first kappa shape index (κ1) is 17.2. The van der Waals surface area contributed by atoms with Crippen LogP contribution in [0.1, 0.15) is 56.6 Å². The van der Waals surface area contributed by atoms with Crippen molar-refractivity contribution >= 4 is 11.9 Å². The van der Waals surface area contributed by atoms with Crippen molar-refractivity contribution in [2.24, 2.45) is 5.92 Å². The van der Waals surface area contributed by atoms with Gasteiger partial charge in [0.25, 0.3) is 5.91 Å². The zero-order chi connectivity index (χ0) is 16.0. The molecule has 0 aromatic carbocycles. The molecular weight excluding hydrogens is 270 g/mol. The van der Waals surface area contributed by atoms with Crippen molar-refractivity contribution in [3.8, 4) is 0 Å². The smallest absolute Gasteiger partial charge is 0.303 e. The van der Waals surface area contributed by atoms with Crippen LogP contribution in [-0.2, 0) is 17.8 Å². The second-order valence-electron chi connectivity index (χ2n) is 5.74. The Morgan fingerprint density at radius 3 is 2.57 bits per heavy atom. The number of amides is 1. The van der Waals surface area contributed by atoms with E-state index in [1.54, 1.807) is 6.20 Å². The van der Waals surface area contributed by atoms with E-state index >= 15 is 0 Å². The van der Waals surface area contributed by atoms with Crippen LogP contribution >= 0.6 is 0 Å². The van der Waals surface area contributed by atoms with Gasteiger partial charge in [0.2, 0.25) is 0 Å². The number of hydrogen-bond donors (Lipinski definition) is 2. The second-order valence-corrected chi connectivity index (χ2v) is 5.74. The molecule has 1 unspecified atom stereocenters. The quantitative estimate of drug-likeness (QED) is 0.769. The third-order valence-electron chi connectivity index (χ3n) is 3.24. The number of carboxylic acids is 1. The molecule has 1 heterocycles. The van der Waals surface area contributed by atoms with Gasteiger partial charge in [0.1, 0.15) is 0 Å². The van der Waals surface area contributed by atoms with Crippen LogP contribution in [0.3, 0.4) is 0 Å². The van der Waals surface area contributed by atoms with Gasteiger partial charge in [-0.1, -0.05) is 20.8 Å². The lowest BCUT2D eigenvalue weighted by Gasteiger charge is -2.14. The van der Waals surface area contributed by atoms with Crippen LogP contribution in [0.4, 0.5) is 0 Å². The molecule has 1 rings (SSSR count). The summed E-state index contributed by atoms with van der Waals surface area (Å²) >= 11 is 0. The van der Waals surface area contributed by atoms with Crippen LogP contribution in [0.5, 0.6) is 0 Å². The Labute approximate surface area is 125 Å². The van der Waals surface area contributed by atoms with Crippen molar-refractivity contribution in [3.63, 3.8) is 0 Å². The first-order valence-corrected chi connectivity index (χ1v) is 7.42. The van der Waals surface area contributed by atoms with Crippen molar-refractivity contribution in [3.05, 3.63) is 17.5 Å². The minimum absolute atomic E-state index is 0.0503. The Morgan fingerprint density at radius 1 is 1.38 bits per heavy atom. The zero-order valence-electron chi connectivity index (χ0n) is 13.2. The van der Waals surface area contributed by atoms with Crippen molar-refractivity contribution in [2.45, 2.75) is 59.5 Å². The van der Waals surface area contributed by atoms with E-state index < -0.39 is 5.97 Å². The third-order valence-corrected chi connectivity index (χ3v) is 3.24. The number of aliphatic carboxylic acids is 1. The van der Waals surface area contributed by atoms with Gasteiger partial charge in [-0.15, -0.1) is 0 Å². The van der Waals surface area contributed by atoms with Crippen molar-refractivity contribution < 1.29 is 14.7 Å². The monoisotopic (exact) mass is 295 g/mol. The first-order valence-electron chi connectivity index (χ1n) is 7.42. The molecule has 1 aromatic rings. The molecule has 0 aliphatic heterocycles. The van der Waals surface area contributed by atoms with Gasteiger partial charge >= 0.3 is 5.97 Å². The SMILES string of the molecule is CCc1c(C(=O)NC(C)CCC(=O)O)cnn1CC(C)C. The highest BCUT2D eigenvalue weighted by atomic mass is 16.4. The summed E-state index contributed by atoms with van der Waals surface area (Å²) in [6.07, 6.45) is 2.80. The van der Waals surface area contributed by atoms with Crippen LogP contribution in [0.15, 0.2) is 6.20 Å². The fraction of sp³-hybridized carbons (Fsp3) is 0.667. The van der Waals surface area contributed by atoms with Gasteiger partial charge in [-0.25, -0.2) is 0 Å². The van der Waals surface area contributed by atoms with Gasteiger partial charge in [0.05, 0.1) is 17.5 Å². The standard InChI is InChI=1S/C15H25N3O3/c1-5-13-12(8-16-18(13)9-10(2)3)15(21)17-11(4)6-7-14(19)20/h8,10-11H,5-7,9H2,1-4H3,(H,17,21)(H,19,20). The molecule has 0 bridgehead atoms. The highest BCUT2D eigenvalue weighted by Gasteiger charge is 2.18. The maximum absolute atomic E-state index is 12.3. The molecule has 6 heteroatoms. The van der Waals surface area contributed by atoms with Gasteiger partial charge in [0.15, 0.2) is 0 Å². The molecule has 21 heavy (non-hydrogen) atoms. The second kappa shape index (κ2) is 7.81. The van der Waals surface area contributed by atoms with E-state index in [1.807, 2.05) is 18.5 Å². The van der Waals surface area contributed by atoms with Gasteiger partial charge < -0.3 is 10.4 Å². The molecule has 6 nitrogen and oxygen atoms in total. The highest BCUT2D eigenvalue weighted by Crippen LogP contribution is 2.12. The Bertz CT molecular complexity index is 494. The molecule has 1 aromatic heterocycles. The normalized spacial score (nSPS) is 12.4. The lowest BCUT2D eigenvalue weighted by Crippen LogP contribution is -2.33. The average molecular weight is 295 g/mol. The first-order chi connectivity index (χ1) is 9.85. The molecular formula is C15H25N3O3. The van der Waals surface area contributed by atoms with E-state index in [9.17, 15) is 9.59 Å². The summed E-state index contributed by atoms with van der Waals surface area (Å²) in [4.78, 5) is 22.8. The Morgan fingerprint density at radius 2 is 2.05 bits per heavy atom. The van der Waals surface area contributed by atoms with Crippen molar-refractivity contribution in [2.75, 3.05) is 0 Å². The van der Waals surface area contributed by atoms with Gasteiger partial charge in [0, 0.05) is 19.0 Å². The molecule has 0 saturated carbocycles. The molecule has 0 radical (unpaired) electrons. The topological polar surface area (TPSA) is 84.2 Å². The average Bonchev–Trinajstić information content (AvgIpc) is 2.78. The number of carbonyl (C=O) groups is 2. The molecule has 118 valence electrons. The predicted molar refractivity (Wildman–Crippen MR) is 80.2 cm³/mol. The molecule has 1 atom stereocenters. The van der Waals surface area contributed by atoms with Gasteiger partial charge in [-0.05, 0) is 25.7 Å². The fourth-order valence-corrected chi connectivity index (χ4v) is 2.19. The Hall–Kier alpha value is -1.85. The number of rotatable bonds is 8. The van der Waals surface area contributed by atoms with E-state index in [2.05, 4.69) is 24.3 Å². The summed E-state index contributed by atoms with van der Waals surface area (Å²) in [5.74, 6) is -0.574. The number of nitrogens with one attached hydrogen (secondary N) is 1. The van der Waals surface area contributed by atoms with Crippen LogP contribution < -0.4 is 5.32 Å². The van der Waals surface area contributed by atoms with E-state index in [4.69, 9.17) is 5.11 Å². The van der Waals surface area contributed by atoms with Crippen LogP contribution in [0, 0.1) is 5.92 Å². The number of aromatic nitrogens is 2. The maximum atomic E-state index is 12.3. The van der Waals surface area contributed by atoms with Gasteiger partial charge in [-0.2, -0.15) is 5.10 Å². The summed E-state index contributed by atoms with van der Waals surface area (Å²) in [6, 6.07) is -0.174. The summed E-state index contributed by atoms with van der Waals surface area (Å²) < 4.78 is 1.88.